The summed E-state index contributed by atoms with van der Waals surface area (Å²) < 4.78 is 11.6. The third-order valence-electron chi connectivity index (χ3n) is 5.73. The number of hydrogen-bond donors (Lipinski definition) is 1. The van der Waals surface area contributed by atoms with Crippen molar-refractivity contribution in [3.8, 4) is 11.5 Å². The van der Waals surface area contributed by atoms with Crippen LogP contribution in [-0.2, 0) is 6.54 Å². The smallest absolute Gasteiger partial charge is 0.291 e. The van der Waals surface area contributed by atoms with Gasteiger partial charge in [-0.1, -0.05) is 35.9 Å². The number of rotatable bonds is 4. The summed E-state index contributed by atoms with van der Waals surface area (Å²) in [7, 11) is 1.44. The minimum absolute atomic E-state index is 0.0147. The molecule has 6 nitrogen and oxygen atoms in total. The van der Waals surface area contributed by atoms with Crippen molar-refractivity contribution < 1.29 is 19.1 Å². The molecule has 1 aliphatic heterocycles. The van der Waals surface area contributed by atoms with Crippen LogP contribution in [-0.4, -0.2) is 23.0 Å². The first kappa shape index (κ1) is 21.6. The summed E-state index contributed by atoms with van der Waals surface area (Å²) in [6.45, 7) is 0.224. The summed E-state index contributed by atoms with van der Waals surface area (Å²) in [5, 5.41) is 11.3. The highest BCUT2D eigenvalue weighted by Gasteiger charge is 2.43. The Morgan fingerprint density at radius 2 is 1.85 bits per heavy atom. The molecule has 33 heavy (non-hydrogen) atoms. The molecule has 2 heterocycles. The van der Waals surface area contributed by atoms with Gasteiger partial charge in [-0.15, -0.1) is 0 Å². The Hall–Kier alpha value is -3.29. The number of amides is 1. The molecule has 1 aliphatic rings. The zero-order chi connectivity index (χ0) is 23.3. The van der Waals surface area contributed by atoms with Crippen molar-refractivity contribution in [1.82, 2.24) is 4.90 Å². The van der Waals surface area contributed by atoms with Gasteiger partial charge in [-0.3, -0.25) is 9.59 Å². The summed E-state index contributed by atoms with van der Waals surface area (Å²) in [6, 6.07) is 16.6. The molecule has 4 aromatic rings. The van der Waals surface area contributed by atoms with Gasteiger partial charge in [0.2, 0.25) is 5.76 Å². The lowest BCUT2D eigenvalue weighted by molar-refractivity contribution is 0.0714. The number of halogens is 2. The van der Waals surface area contributed by atoms with E-state index in [0.29, 0.717) is 26.0 Å². The molecule has 1 aromatic heterocycles. The number of carbonyl (C=O) groups excluding carboxylic acids is 1. The number of para-hydroxylation sites is 1. The average molecular weight is 527 g/mol. The third-order valence-corrected chi connectivity index (χ3v) is 6.58. The third kappa shape index (κ3) is 3.57. The number of aromatic hydroxyl groups is 1. The maximum Gasteiger partial charge on any atom is 0.291 e. The molecule has 0 aliphatic carbocycles. The number of phenolic OH excluding ortho intramolecular Hbond substituents is 1. The van der Waals surface area contributed by atoms with E-state index in [0.717, 1.165) is 5.56 Å². The molecule has 5 rings (SSSR count). The lowest BCUT2D eigenvalue weighted by Gasteiger charge is -2.26. The summed E-state index contributed by atoms with van der Waals surface area (Å²) in [4.78, 5) is 28.7. The molecule has 1 N–H and O–H groups in total. The van der Waals surface area contributed by atoms with Crippen LogP contribution >= 0.6 is 27.5 Å². The topological polar surface area (TPSA) is 80.0 Å². The van der Waals surface area contributed by atoms with Crippen molar-refractivity contribution in [2.24, 2.45) is 0 Å². The SMILES string of the molecule is COc1cc(C2c3c(oc4ccccc4c3=O)C(=O)N2Cc2ccc(Cl)cc2)cc(Br)c1O. The number of hydrogen-bond acceptors (Lipinski definition) is 5. The van der Waals surface area contributed by atoms with Crippen LogP contribution in [0.1, 0.15) is 33.3 Å². The Morgan fingerprint density at radius 1 is 1.12 bits per heavy atom. The zero-order valence-corrected chi connectivity index (χ0v) is 19.7. The van der Waals surface area contributed by atoms with Gasteiger partial charge in [0.05, 0.1) is 28.6 Å². The minimum atomic E-state index is -0.741. The van der Waals surface area contributed by atoms with E-state index in [1.54, 1.807) is 53.4 Å². The number of ether oxygens (including phenoxy) is 1. The van der Waals surface area contributed by atoms with Crippen LogP contribution in [0.4, 0.5) is 0 Å². The van der Waals surface area contributed by atoms with Crippen LogP contribution in [0, 0.1) is 0 Å². The number of carbonyl (C=O) groups is 1. The monoisotopic (exact) mass is 525 g/mol. The normalized spacial score (nSPS) is 15.2. The molecule has 0 saturated heterocycles. The van der Waals surface area contributed by atoms with Crippen LogP contribution in [0.5, 0.6) is 11.5 Å². The predicted octanol–water partition coefficient (Wildman–Crippen LogP) is 5.67. The van der Waals surface area contributed by atoms with Gasteiger partial charge in [0, 0.05) is 11.6 Å². The lowest BCUT2D eigenvalue weighted by Crippen LogP contribution is -2.29. The number of methoxy groups -OCH3 is 1. The van der Waals surface area contributed by atoms with Crippen molar-refractivity contribution >= 4 is 44.4 Å². The highest BCUT2D eigenvalue weighted by atomic mass is 79.9. The molecule has 0 fully saturated rings. The fraction of sp³-hybridized carbons (Fsp3) is 0.120. The molecule has 0 radical (unpaired) electrons. The molecular formula is C25H17BrClNO5. The molecule has 0 spiro atoms. The number of phenols is 1. The van der Waals surface area contributed by atoms with E-state index in [2.05, 4.69) is 15.9 Å². The number of nitrogens with zero attached hydrogens (tertiary/aromatic N) is 1. The lowest BCUT2D eigenvalue weighted by atomic mass is 9.97. The molecule has 0 saturated carbocycles. The Balaban J connectivity index is 1.75. The van der Waals surface area contributed by atoms with E-state index < -0.39 is 11.9 Å². The van der Waals surface area contributed by atoms with E-state index >= 15 is 0 Å². The summed E-state index contributed by atoms with van der Waals surface area (Å²) in [5.74, 6) is -0.228. The van der Waals surface area contributed by atoms with E-state index in [9.17, 15) is 14.7 Å². The standard InChI is InChI=1S/C25H17BrClNO5/c1-32-19-11-14(10-17(26)23(19)30)21-20-22(29)16-4-2-3-5-18(16)33-24(20)25(31)28(21)12-13-6-8-15(27)9-7-13/h2-11,21,30H,12H2,1H3. The predicted molar refractivity (Wildman–Crippen MR) is 128 cm³/mol. The van der Waals surface area contributed by atoms with E-state index in [1.165, 1.54) is 7.11 Å². The van der Waals surface area contributed by atoms with Gasteiger partial charge in [-0.05, 0) is 63.5 Å². The van der Waals surface area contributed by atoms with Gasteiger partial charge < -0.3 is 19.2 Å². The second kappa shape index (κ2) is 8.24. The molecule has 1 unspecified atom stereocenters. The van der Waals surface area contributed by atoms with Crippen molar-refractivity contribution in [3.63, 3.8) is 0 Å². The van der Waals surface area contributed by atoms with Crippen LogP contribution in [0.2, 0.25) is 5.02 Å². The van der Waals surface area contributed by atoms with Crippen molar-refractivity contribution in [2.45, 2.75) is 12.6 Å². The quantitative estimate of drug-likeness (QED) is 0.371. The Morgan fingerprint density at radius 3 is 2.58 bits per heavy atom. The van der Waals surface area contributed by atoms with Crippen LogP contribution < -0.4 is 10.2 Å². The largest absolute Gasteiger partial charge is 0.503 e. The fourth-order valence-electron chi connectivity index (χ4n) is 4.17. The van der Waals surface area contributed by atoms with Gasteiger partial charge in [-0.2, -0.15) is 0 Å². The number of benzene rings is 3. The Labute approximate surface area is 202 Å². The fourth-order valence-corrected chi connectivity index (χ4v) is 4.76. The van der Waals surface area contributed by atoms with Crippen molar-refractivity contribution in [1.29, 1.82) is 0 Å². The van der Waals surface area contributed by atoms with Crippen LogP contribution in [0.3, 0.4) is 0 Å². The van der Waals surface area contributed by atoms with E-state index in [4.69, 9.17) is 20.8 Å². The van der Waals surface area contributed by atoms with Gasteiger partial charge >= 0.3 is 0 Å². The van der Waals surface area contributed by atoms with E-state index in [1.807, 2.05) is 12.1 Å². The zero-order valence-electron chi connectivity index (χ0n) is 17.3. The second-order valence-electron chi connectivity index (χ2n) is 7.69. The molecular weight excluding hydrogens is 510 g/mol. The van der Waals surface area contributed by atoms with Gasteiger partial charge in [-0.25, -0.2) is 0 Å². The van der Waals surface area contributed by atoms with Crippen molar-refractivity contribution in [3.05, 3.63) is 103 Å². The van der Waals surface area contributed by atoms with Crippen LogP contribution in [0.25, 0.3) is 11.0 Å². The first-order chi connectivity index (χ1) is 15.9. The molecule has 1 atom stereocenters. The molecule has 1 amide bonds. The first-order valence-electron chi connectivity index (χ1n) is 10.1. The van der Waals surface area contributed by atoms with E-state index in [-0.39, 0.29) is 34.8 Å². The molecule has 3 aromatic carbocycles. The summed E-state index contributed by atoms with van der Waals surface area (Å²) in [5.41, 5.74) is 1.78. The summed E-state index contributed by atoms with van der Waals surface area (Å²) in [6.07, 6.45) is 0. The minimum Gasteiger partial charge on any atom is -0.503 e. The Bertz CT molecular complexity index is 1460. The first-order valence-corrected chi connectivity index (χ1v) is 11.2. The molecule has 8 heteroatoms. The second-order valence-corrected chi connectivity index (χ2v) is 8.98. The van der Waals surface area contributed by atoms with Gasteiger partial charge in [0.25, 0.3) is 5.91 Å². The van der Waals surface area contributed by atoms with Gasteiger partial charge in [0.15, 0.2) is 16.9 Å². The maximum absolute atomic E-state index is 13.5. The average Bonchev–Trinajstić information content (AvgIpc) is 3.09. The molecule has 166 valence electrons. The van der Waals surface area contributed by atoms with Crippen molar-refractivity contribution in [2.75, 3.05) is 7.11 Å². The Kier molecular flexibility index (Phi) is 5.38. The highest BCUT2D eigenvalue weighted by Crippen LogP contribution is 2.44. The summed E-state index contributed by atoms with van der Waals surface area (Å²) >= 11 is 9.36. The van der Waals surface area contributed by atoms with Crippen LogP contribution in [0.15, 0.2) is 74.3 Å². The highest BCUT2D eigenvalue weighted by molar-refractivity contribution is 9.10. The number of fused-ring (bicyclic) bond motifs is 2. The van der Waals surface area contributed by atoms with Gasteiger partial charge in [0.1, 0.15) is 5.58 Å². The molecule has 0 bridgehead atoms. The maximum atomic E-state index is 13.5.